The van der Waals surface area contributed by atoms with E-state index in [0.717, 1.165) is 18.2 Å². The molecule has 0 N–H and O–H groups in total. The van der Waals surface area contributed by atoms with Crippen LogP contribution in [0.2, 0.25) is 0 Å². The molecule has 3 rings (SSSR count). The maximum Gasteiger partial charge on any atom is 0.573 e. The number of rotatable bonds is 6. The number of alkyl halides is 4. The second-order valence-electron chi connectivity index (χ2n) is 6.61. The Morgan fingerprint density at radius 1 is 1.17 bits per heavy atom. The number of hydrogen-bond acceptors (Lipinski definition) is 3. The van der Waals surface area contributed by atoms with Gasteiger partial charge in [-0.15, -0.1) is 24.8 Å². The van der Waals surface area contributed by atoms with Gasteiger partial charge in [-0.2, -0.15) is 0 Å². The van der Waals surface area contributed by atoms with E-state index in [4.69, 9.17) is 16.3 Å². The van der Waals surface area contributed by atoms with Crippen LogP contribution in [0.3, 0.4) is 0 Å². The molecule has 1 heterocycles. The van der Waals surface area contributed by atoms with Crippen molar-refractivity contribution in [3.05, 3.63) is 59.2 Å². The summed E-state index contributed by atoms with van der Waals surface area (Å²) < 4.78 is 74.4. The van der Waals surface area contributed by atoms with E-state index in [0.29, 0.717) is 11.6 Å². The molecule has 2 atom stereocenters. The molecular weight excluding hydrogens is 433 g/mol. The molecule has 0 unspecified atom stereocenters. The van der Waals surface area contributed by atoms with E-state index in [1.165, 1.54) is 17.0 Å². The minimum atomic E-state index is -4.82. The maximum atomic E-state index is 14.6. The Labute approximate surface area is 174 Å². The van der Waals surface area contributed by atoms with Gasteiger partial charge in [-0.05, 0) is 31.0 Å². The van der Waals surface area contributed by atoms with Crippen LogP contribution in [0.15, 0.2) is 36.4 Å². The highest BCUT2D eigenvalue weighted by molar-refractivity contribution is 6.31. The first kappa shape index (κ1) is 22.1. The van der Waals surface area contributed by atoms with Crippen molar-refractivity contribution in [1.29, 1.82) is 0 Å². The van der Waals surface area contributed by atoms with Crippen LogP contribution in [-0.4, -0.2) is 29.2 Å². The molecule has 1 aliphatic rings. The summed E-state index contributed by atoms with van der Waals surface area (Å²) in [6, 6.07) is 5.85. The SMILES string of the molecule is CCOc1cc(F)cc(F)c1[C@@H]1C[C@H](Cl)C(=O)N1Cc1ccc(OC(F)(F)F)cc1. The molecule has 1 aliphatic heterocycles. The number of benzene rings is 2. The summed E-state index contributed by atoms with van der Waals surface area (Å²) in [7, 11) is 0. The van der Waals surface area contributed by atoms with Crippen molar-refractivity contribution >= 4 is 17.5 Å². The monoisotopic (exact) mass is 449 g/mol. The van der Waals surface area contributed by atoms with Crippen molar-refractivity contribution in [1.82, 2.24) is 4.90 Å². The molecule has 0 spiro atoms. The molecule has 1 amide bonds. The maximum absolute atomic E-state index is 14.6. The molecule has 1 saturated heterocycles. The lowest BCUT2D eigenvalue weighted by molar-refractivity contribution is -0.274. The Morgan fingerprint density at radius 2 is 1.83 bits per heavy atom. The molecule has 0 radical (unpaired) electrons. The Hall–Kier alpha value is -2.55. The normalized spacial score (nSPS) is 19.3. The first-order valence-electron chi connectivity index (χ1n) is 9.00. The number of hydrogen-bond donors (Lipinski definition) is 0. The van der Waals surface area contributed by atoms with Crippen LogP contribution in [0, 0.1) is 11.6 Å². The van der Waals surface area contributed by atoms with Crippen molar-refractivity contribution in [2.45, 2.75) is 37.7 Å². The Bertz CT molecular complexity index is 920. The highest BCUT2D eigenvalue weighted by Gasteiger charge is 2.42. The second kappa shape index (κ2) is 8.67. The summed E-state index contributed by atoms with van der Waals surface area (Å²) in [5.41, 5.74) is 0.487. The van der Waals surface area contributed by atoms with E-state index < -0.39 is 41.1 Å². The summed E-state index contributed by atoms with van der Waals surface area (Å²) in [5.74, 6) is -2.60. The number of nitrogens with zero attached hydrogens (tertiary/aromatic N) is 1. The highest BCUT2D eigenvalue weighted by atomic mass is 35.5. The zero-order valence-electron chi connectivity index (χ0n) is 15.7. The van der Waals surface area contributed by atoms with Crippen LogP contribution in [-0.2, 0) is 11.3 Å². The van der Waals surface area contributed by atoms with Gasteiger partial charge in [-0.1, -0.05) is 12.1 Å². The van der Waals surface area contributed by atoms with Gasteiger partial charge in [0.15, 0.2) is 0 Å². The van der Waals surface area contributed by atoms with Gasteiger partial charge < -0.3 is 14.4 Å². The summed E-state index contributed by atoms with van der Waals surface area (Å²) >= 11 is 6.11. The average molecular weight is 450 g/mol. The molecule has 30 heavy (non-hydrogen) atoms. The van der Waals surface area contributed by atoms with Gasteiger partial charge in [0.05, 0.1) is 18.2 Å². The predicted molar refractivity (Wildman–Crippen MR) is 98.2 cm³/mol. The summed E-state index contributed by atoms with van der Waals surface area (Å²) in [6.45, 7) is 1.77. The van der Waals surface area contributed by atoms with E-state index in [1.54, 1.807) is 6.92 Å². The zero-order valence-corrected chi connectivity index (χ0v) is 16.4. The van der Waals surface area contributed by atoms with Gasteiger partial charge in [0.1, 0.15) is 28.5 Å². The molecule has 162 valence electrons. The van der Waals surface area contributed by atoms with E-state index in [-0.39, 0.29) is 30.9 Å². The lowest BCUT2D eigenvalue weighted by atomic mass is 10.0. The van der Waals surface area contributed by atoms with Crippen molar-refractivity contribution < 1.29 is 36.2 Å². The highest BCUT2D eigenvalue weighted by Crippen LogP contribution is 2.42. The molecule has 0 aromatic heterocycles. The predicted octanol–water partition coefficient (Wildman–Crippen LogP) is 5.34. The van der Waals surface area contributed by atoms with E-state index in [9.17, 15) is 26.7 Å². The first-order chi connectivity index (χ1) is 14.1. The van der Waals surface area contributed by atoms with E-state index in [2.05, 4.69) is 4.74 Å². The van der Waals surface area contributed by atoms with E-state index in [1.807, 2.05) is 0 Å². The Kier molecular flexibility index (Phi) is 6.40. The Balaban J connectivity index is 1.89. The van der Waals surface area contributed by atoms with Crippen molar-refractivity contribution in [2.24, 2.45) is 0 Å². The van der Waals surface area contributed by atoms with E-state index >= 15 is 0 Å². The lowest BCUT2D eigenvalue weighted by Gasteiger charge is -2.27. The number of amides is 1. The molecule has 1 fully saturated rings. The van der Waals surface area contributed by atoms with Crippen LogP contribution in [0.25, 0.3) is 0 Å². The van der Waals surface area contributed by atoms with Crippen molar-refractivity contribution in [2.75, 3.05) is 6.61 Å². The fourth-order valence-electron chi connectivity index (χ4n) is 3.37. The summed E-state index contributed by atoms with van der Waals surface area (Å²) in [6.07, 6.45) is -4.75. The van der Waals surface area contributed by atoms with Crippen molar-refractivity contribution in [3.8, 4) is 11.5 Å². The molecule has 0 bridgehead atoms. The molecule has 2 aromatic carbocycles. The number of ether oxygens (including phenoxy) is 2. The average Bonchev–Trinajstić information content (AvgIpc) is 2.90. The minimum absolute atomic E-state index is 0.00627. The minimum Gasteiger partial charge on any atom is -0.493 e. The van der Waals surface area contributed by atoms with Gasteiger partial charge in [-0.3, -0.25) is 4.79 Å². The fourth-order valence-corrected chi connectivity index (χ4v) is 3.67. The van der Waals surface area contributed by atoms with Gasteiger partial charge in [0.2, 0.25) is 5.91 Å². The third-order valence-corrected chi connectivity index (χ3v) is 4.92. The third-order valence-electron chi connectivity index (χ3n) is 4.56. The number of likely N-dealkylation sites (tertiary alicyclic amines) is 1. The summed E-state index contributed by atoms with van der Waals surface area (Å²) in [5, 5.41) is -0.929. The lowest BCUT2D eigenvalue weighted by Crippen LogP contribution is -2.30. The van der Waals surface area contributed by atoms with Crippen molar-refractivity contribution in [3.63, 3.8) is 0 Å². The number of halogens is 6. The van der Waals surface area contributed by atoms with Crippen LogP contribution >= 0.6 is 11.6 Å². The van der Waals surface area contributed by atoms with Crippen LogP contribution in [0.5, 0.6) is 11.5 Å². The second-order valence-corrected chi connectivity index (χ2v) is 7.14. The summed E-state index contributed by atoms with van der Waals surface area (Å²) in [4.78, 5) is 13.9. The fraction of sp³-hybridized carbons (Fsp3) is 0.350. The van der Waals surface area contributed by atoms with Crippen LogP contribution in [0.4, 0.5) is 22.0 Å². The smallest absolute Gasteiger partial charge is 0.493 e. The number of carbonyl (C=O) groups is 1. The topological polar surface area (TPSA) is 38.8 Å². The molecule has 2 aromatic rings. The largest absolute Gasteiger partial charge is 0.573 e. The van der Waals surface area contributed by atoms with Gasteiger partial charge in [0, 0.05) is 18.7 Å². The van der Waals surface area contributed by atoms with Crippen LogP contribution < -0.4 is 9.47 Å². The first-order valence-corrected chi connectivity index (χ1v) is 9.43. The van der Waals surface area contributed by atoms with Gasteiger partial charge in [-0.25, -0.2) is 8.78 Å². The molecule has 0 aliphatic carbocycles. The molecular formula is C20H17ClF5NO3. The quantitative estimate of drug-likeness (QED) is 0.441. The molecule has 0 saturated carbocycles. The molecule has 4 nitrogen and oxygen atoms in total. The molecule has 10 heteroatoms. The Morgan fingerprint density at radius 3 is 2.43 bits per heavy atom. The third kappa shape index (κ3) is 4.95. The van der Waals surface area contributed by atoms with Crippen LogP contribution in [0.1, 0.15) is 30.5 Å². The van der Waals surface area contributed by atoms with Gasteiger partial charge in [0.25, 0.3) is 0 Å². The standard InChI is InChI=1S/C20H17ClF5NO3/c1-2-29-17-8-12(22)7-15(23)18(17)16-9-14(21)19(28)27(16)10-11-3-5-13(6-4-11)30-20(24,25)26/h3-8,14,16H,2,9-10H2,1H3/t14-,16-/m0/s1. The van der Waals surface area contributed by atoms with Gasteiger partial charge >= 0.3 is 6.36 Å². The number of carbonyl (C=O) groups excluding carboxylic acids is 1. The zero-order chi connectivity index (χ0) is 22.1.